The molecule has 3 aromatic rings. The number of hydrogen-bond donors (Lipinski definition) is 2. The molecule has 156 valence electrons. The first kappa shape index (κ1) is 18.7. The van der Waals surface area contributed by atoms with Gasteiger partial charge in [-0.2, -0.15) is 0 Å². The number of rotatable bonds is 3. The molecule has 2 aliphatic heterocycles. The van der Waals surface area contributed by atoms with E-state index in [0.717, 1.165) is 30.9 Å². The quantitative estimate of drug-likeness (QED) is 0.650. The van der Waals surface area contributed by atoms with Crippen LogP contribution in [0.2, 0.25) is 0 Å². The molecule has 0 saturated carbocycles. The van der Waals surface area contributed by atoms with Crippen LogP contribution in [0, 0.1) is 0 Å². The minimum Gasteiger partial charge on any atom is -0.382 e. The van der Waals surface area contributed by atoms with Crippen LogP contribution in [0.25, 0.3) is 11.0 Å². The summed E-state index contributed by atoms with van der Waals surface area (Å²) >= 11 is 0. The van der Waals surface area contributed by atoms with Gasteiger partial charge in [-0.25, -0.2) is 15.0 Å². The lowest BCUT2D eigenvalue weighted by Gasteiger charge is -2.32. The predicted octanol–water partition coefficient (Wildman–Crippen LogP) is 1.03. The number of aromatic nitrogens is 4. The number of piperidine rings is 1. The number of likely N-dealkylation sites (tertiary alicyclic amines) is 1. The highest BCUT2D eigenvalue weighted by Gasteiger charge is 2.48. The Hall–Kier alpha value is -3.27. The van der Waals surface area contributed by atoms with Crippen molar-refractivity contribution in [3.63, 3.8) is 0 Å². The zero-order valence-electron chi connectivity index (χ0n) is 16.7. The highest BCUT2D eigenvalue weighted by molar-refractivity contribution is 5.87. The number of anilines is 2. The lowest BCUT2D eigenvalue weighted by atomic mass is 9.92. The minimum atomic E-state index is -1.62. The zero-order valence-corrected chi connectivity index (χ0v) is 16.7. The smallest absolute Gasteiger partial charge is 0.262 e. The number of amides is 1. The van der Waals surface area contributed by atoms with Gasteiger partial charge in [-0.15, -0.1) is 0 Å². The molecule has 2 saturated heterocycles. The van der Waals surface area contributed by atoms with Gasteiger partial charge < -0.3 is 25.2 Å². The number of pyridine rings is 1. The highest BCUT2D eigenvalue weighted by Crippen LogP contribution is 2.36. The fourth-order valence-corrected chi connectivity index (χ4v) is 4.31. The Labute approximate surface area is 172 Å². The van der Waals surface area contributed by atoms with Gasteiger partial charge in [0.1, 0.15) is 17.7 Å². The number of nitrogen functional groups attached to an aromatic ring is 1. The van der Waals surface area contributed by atoms with Crippen LogP contribution in [0.5, 0.6) is 0 Å². The molecule has 0 radical (unpaired) electrons. The molecule has 2 unspecified atom stereocenters. The Morgan fingerprint density at radius 1 is 1.30 bits per heavy atom. The molecular weight excluding hydrogens is 386 g/mol. The van der Waals surface area contributed by atoms with E-state index < -0.39 is 5.60 Å². The second-order valence-corrected chi connectivity index (χ2v) is 8.03. The largest absolute Gasteiger partial charge is 0.382 e. The standard InChI is InChI=1S/C20H23N7O3/c1-26-8-6-20(29,19(26)28)15-9-14(25-30-15)12-3-2-7-27(10-12)16-5-4-13-17(24-16)18(21)23-11-22-13/h4-5,9,11-12,29H,2-3,6-8,10H2,1H3,(H2,21,22,23). The fourth-order valence-electron chi connectivity index (χ4n) is 4.31. The van der Waals surface area contributed by atoms with Crippen molar-refractivity contribution in [2.75, 3.05) is 37.3 Å². The molecule has 5 heterocycles. The number of carbonyl (C=O) groups excluding carboxylic acids is 1. The minimum absolute atomic E-state index is 0.107. The van der Waals surface area contributed by atoms with E-state index in [9.17, 15) is 9.90 Å². The van der Waals surface area contributed by atoms with Crippen LogP contribution < -0.4 is 10.6 Å². The molecule has 0 aliphatic carbocycles. The van der Waals surface area contributed by atoms with Gasteiger partial charge in [0.2, 0.25) is 5.60 Å². The number of aliphatic hydroxyl groups is 1. The Kier molecular flexibility index (Phi) is 4.31. The van der Waals surface area contributed by atoms with Gasteiger partial charge in [-0.1, -0.05) is 5.16 Å². The number of likely N-dealkylation sites (N-methyl/N-ethyl adjacent to an activating group) is 1. The third-order valence-corrected chi connectivity index (χ3v) is 6.10. The Bertz CT molecular complexity index is 1120. The maximum atomic E-state index is 12.3. The molecule has 0 bridgehead atoms. The van der Waals surface area contributed by atoms with E-state index in [2.05, 4.69) is 25.0 Å². The van der Waals surface area contributed by atoms with Crippen LogP contribution in [0.3, 0.4) is 0 Å². The summed E-state index contributed by atoms with van der Waals surface area (Å²) in [4.78, 5) is 28.9. The molecule has 3 N–H and O–H groups in total. The van der Waals surface area contributed by atoms with Crippen molar-refractivity contribution in [1.29, 1.82) is 0 Å². The van der Waals surface area contributed by atoms with E-state index in [1.54, 1.807) is 13.1 Å². The zero-order chi connectivity index (χ0) is 20.9. The van der Waals surface area contributed by atoms with Gasteiger partial charge in [0.05, 0.1) is 11.2 Å². The summed E-state index contributed by atoms with van der Waals surface area (Å²) in [6, 6.07) is 5.55. The number of nitrogens with two attached hydrogens (primary N) is 1. The molecule has 2 fully saturated rings. The summed E-state index contributed by atoms with van der Waals surface area (Å²) in [6.45, 7) is 2.05. The van der Waals surface area contributed by atoms with Crippen LogP contribution in [-0.2, 0) is 10.4 Å². The second-order valence-electron chi connectivity index (χ2n) is 8.03. The Morgan fingerprint density at radius 3 is 2.97 bits per heavy atom. The van der Waals surface area contributed by atoms with Crippen molar-refractivity contribution in [2.45, 2.75) is 30.8 Å². The summed E-state index contributed by atoms with van der Waals surface area (Å²) in [7, 11) is 1.67. The van der Waals surface area contributed by atoms with Crippen molar-refractivity contribution < 1.29 is 14.4 Å². The summed E-state index contributed by atoms with van der Waals surface area (Å²) in [5.74, 6) is 1.14. The fraction of sp³-hybridized carbons (Fsp3) is 0.450. The first-order valence-electron chi connectivity index (χ1n) is 10.0. The van der Waals surface area contributed by atoms with E-state index >= 15 is 0 Å². The third-order valence-electron chi connectivity index (χ3n) is 6.10. The molecule has 5 rings (SSSR count). The van der Waals surface area contributed by atoms with Gasteiger partial charge in [-0.05, 0) is 25.0 Å². The Morgan fingerprint density at radius 2 is 2.17 bits per heavy atom. The lowest BCUT2D eigenvalue weighted by molar-refractivity contribution is -0.144. The first-order valence-corrected chi connectivity index (χ1v) is 10.0. The van der Waals surface area contributed by atoms with Gasteiger partial charge in [0.25, 0.3) is 5.91 Å². The molecule has 0 aromatic carbocycles. The van der Waals surface area contributed by atoms with E-state index in [1.165, 1.54) is 11.2 Å². The molecule has 10 heteroatoms. The maximum absolute atomic E-state index is 12.3. The van der Waals surface area contributed by atoms with E-state index in [1.807, 2.05) is 12.1 Å². The van der Waals surface area contributed by atoms with Crippen LogP contribution in [0.4, 0.5) is 11.6 Å². The summed E-state index contributed by atoms with van der Waals surface area (Å²) in [5.41, 5.74) is 6.38. The van der Waals surface area contributed by atoms with Crippen LogP contribution >= 0.6 is 0 Å². The third kappa shape index (κ3) is 2.95. The number of fused-ring (bicyclic) bond motifs is 1. The van der Waals surface area contributed by atoms with Crippen LogP contribution in [-0.4, -0.2) is 62.7 Å². The summed E-state index contributed by atoms with van der Waals surface area (Å²) < 4.78 is 5.42. The monoisotopic (exact) mass is 409 g/mol. The normalized spacial score (nSPS) is 24.7. The first-order chi connectivity index (χ1) is 14.5. The van der Waals surface area contributed by atoms with Crippen LogP contribution in [0.1, 0.15) is 36.6 Å². The molecule has 1 amide bonds. The topological polar surface area (TPSA) is 134 Å². The summed E-state index contributed by atoms with van der Waals surface area (Å²) in [5, 5.41) is 15.0. The van der Waals surface area contributed by atoms with Crippen molar-refractivity contribution >= 4 is 28.6 Å². The van der Waals surface area contributed by atoms with Crippen molar-refractivity contribution in [2.24, 2.45) is 0 Å². The van der Waals surface area contributed by atoms with Gasteiger partial charge in [0, 0.05) is 45.1 Å². The number of nitrogens with zero attached hydrogens (tertiary/aromatic N) is 6. The van der Waals surface area contributed by atoms with Crippen molar-refractivity contribution in [1.82, 2.24) is 25.0 Å². The van der Waals surface area contributed by atoms with Gasteiger partial charge >= 0.3 is 0 Å². The van der Waals surface area contributed by atoms with E-state index in [-0.39, 0.29) is 17.6 Å². The average molecular weight is 409 g/mol. The molecule has 30 heavy (non-hydrogen) atoms. The average Bonchev–Trinajstić information content (AvgIpc) is 3.37. The lowest BCUT2D eigenvalue weighted by Crippen LogP contribution is -2.36. The van der Waals surface area contributed by atoms with E-state index in [0.29, 0.717) is 36.4 Å². The highest BCUT2D eigenvalue weighted by atomic mass is 16.5. The molecule has 2 atom stereocenters. The molecule has 0 spiro atoms. The van der Waals surface area contributed by atoms with Gasteiger partial charge in [0.15, 0.2) is 11.6 Å². The number of hydrogen-bond acceptors (Lipinski definition) is 9. The molecular formula is C20H23N7O3. The van der Waals surface area contributed by atoms with Crippen molar-refractivity contribution in [3.05, 3.63) is 36.0 Å². The molecule has 2 aliphatic rings. The van der Waals surface area contributed by atoms with E-state index in [4.69, 9.17) is 10.3 Å². The molecule has 3 aromatic heterocycles. The van der Waals surface area contributed by atoms with Crippen molar-refractivity contribution in [3.8, 4) is 0 Å². The maximum Gasteiger partial charge on any atom is 0.262 e. The predicted molar refractivity (Wildman–Crippen MR) is 109 cm³/mol. The van der Waals surface area contributed by atoms with Gasteiger partial charge in [-0.3, -0.25) is 4.79 Å². The molecule has 10 nitrogen and oxygen atoms in total. The second kappa shape index (κ2) is 6.91. The number of carbonyl (C=O) groups is 1. The Balaban J connectivity index is 1.38. The van der Waals surface area contributed by atoms with Crippen LogP contribution in [0.15, 0.2) is 29.0 Å². The summed E-state index contributed by atoms with van der Waals surface area (Å²) in [6.07, 6.45) is 3.63. The SMILES string of the molecule is CN1CCC(O)(c2cc(C3CCCN(c4ccc5ncnc(N)c5n4)C3)no2)C1=O.